The van der Waals surface area contributed by atoms with Crippen molar-refractivity contribution >= 4 is 28.6 Å². The van der Waals surface area contributed by atoms with Gasteiger partial charge in [-0.2, -0.15) is 0 Å². The second-order valence-electron chi connectivity index (χ2n) is 4.57. The van der Waals surface area contributed by atoms with Crippen LogP contribution in [-0.2, 0) is 0 Å². The molecule has 0 aliphatic carbocycles. The maximum Gasteiger partial charge on any atom is 0.124 e. The van der Waals surface area contributed by atoms with E-state index >= 15 is 0 Å². The Morgan fingerprint density at radius 1 is 1.05 bits per heavy atom. The van der Waals surface area contributed by atoms with Gasteiger partial charge in [0.15, 0.2) is 0 Å². The summed E-state index contributed by atoms with van der Waals surface area (Å²) in [5.74, 6) is 0. The van der Waals surface area contributed by atoms with Crippen LogP contribution in [0.5, 0.6) is 0 Å². The number of nitrogen functional groups attached to an aromatic ring is 1. The minimum Gasteiger partial charge on any atom is -0.399 e. The van der Waals surface area contributed by atoms with E-state index in [1.54, 1.807) is 11.3 Å². The van der Waals surface area contributed by atoms with Gasteiger partial charge in [0, 0.05) is 16.3 Å². The van der Waals surface area contributed by atoms with Gasteiger partial charge >= 0.3 is 0 Å². The molecular weight excluding hydrogens is 288 g/mol. The number of thiazole rings is 1. The van der Waals surface area contributed by atoms with E-state index in [0.717, 1.165) is 32.5 Å². The van der Waals surface area contributed by atoms with Gasteiger partial charge in [-0.3, -0.25) is 0 Å². The van der Waals surface area contributed by atoms with Gasteiger partial charge in [0.1, 0.15) is 5.01 Å². The highest BCUT2D eigenvalue weighted by atomic mass is 35.5. The molecule has 1 aromatic heterocycles. The number of nitrogens with two attached hydrogens (primary N) is 1. The Bertz CT molecular complexity index is 747. The van der Waals surface area contributed by atoms with Crippen LogP contribution < -0.4 is 5.73 Å². The second kappa shape index (κ2) is 5.27. The van der Waals surface area contributed by atoms with E-state index in [2.05, 4.69) is 4.98 Å². The highest BCUT2D eigenvalue weighted by Crippen LogP contribution is 2.35. The van der Waals surface area contributed by atoms with E-state index in [1.165, 1.54) is 4.88 Å². The van der Waals surface area contributed by atoms with Crippen molar-refractivity contribution in [3.05, 3.63) is 59.2 Å². The van der Waals surface area contributed by atoms with Gasteiger partial charge in [-0.1, -0.05) is 35.9 Å². The Labute approximate surface area is 126 Å². The van der Waals surface area contributed by atoms with E-state index in [9.17, 15) is 0 Å². The Morgan fingerprint density at radius 2 is 1.80 bits per heavy atom. The lowest BCUT2D eigenvalue weighted by Crippen LogP contribution is -1.84. The van der Waals surface area contributed by atoms with E-state index in [1.807, 2.05) is 55.5 Å². The van der Waals surface area contributed by atoms with Crippen LogP contribution in [0.3, 0.4) is 0 Å². The van der Waals surface area contributed by atoms with Crippen molar-refractivity contribution in [2.45, 2.75) is 6.92 Å². The number of anilines is 1. The van der Waals surface area contributed by atoms with Crippen LogP contribution >= 0.6 is 22.9 Å². The molecule has 0 atom stereocenters. The third-order valence-electron chi connectivity index (χ3n) is 3.04. The lowest BCUT2D eigenvalue weighted by Gasteiger charge is -1.98. The predicted octanol–water partition coefficient (Wildman–Crippen LogP) is 5.02. The average molecular weight is 301 g/mol. The first kappa shape index (κ1) is 13.2. The molecule has 2 aromatic carbocycles. The van der Waals surface area contributed by atoms with Crippen molar-refractivity contribution in [2.75, 3.05) is 5.73 Å². The van der Waals surface area contributed by atoms with E-state index in [0.29, 0.717) is 0 Å². The van der Waals surface area contributed by atoms with Crippen LogP contribution in [0.4, 0.5) is 5.69 Å². The Morgan fingerprint density at radius 3 is 2.50 bits per heavy atom. The molecule has 0 radical (unpaired) electrons. The maximum absolute atomic E-state index is 5.93. The van der Waals surface area contributed by atoms with Gasteiger partial charge in [-0.25, -0.2) is 4.98 Å². The first-order valence-corrected chi connectivity index (χ1v) is 7.42. The summed E-state index contributed by atoms with van der Waals surface area (Å²) in [6, 6.07) is 15.6. The minimum absolute atomic E-state index is 0.743. The Hall–Kier alpha value is -1.84. The zero-order chi connectivity index (χ0) is 14.1. The number of aromatic nitrogens is 1. The number of aryl methyl sites for hydroxylation is 1. The zero-order valence-corrected chi connectivity index (χ0v) is 12.5. The number of hydrogen-bond acceptors (Lipinski definition) is 3. The van der Waals surface area contributed by atoms with Crippen LogP contribution in [0.25, 0.3) is 21.0 Å². The van der Waals surface area contributed by atoms with Crippen molar-refractivity contribution in [3.63, 3.8) is 0 Å². The lowest BCUT2D eigenvalue weighted by atomic mass is 10.1. The fourth-order valence-electron chi connectivity index (χ4n) is 2.06. The largest absolute Gasteiger partial charge is 0.399 e. The molecule has 0 aliphatic heterocycles. The summed E-state index contributed by atoms with van der Waals surface area (Å²) in [5, 5.41) is 1.73. The molecule has 3 aromatic rings. The standard InChI is InChI=1S/C16H13ClN2S/c1-10-15(11-5-7-13(17)8-6-11)20-16(19-10)12-3-2-4-14(18)9-12/h2-9H,18H2,1H3. The van der Waals surface area contributed by atoms with E-state index < -0.39 is 0 Å². The molecule has 2 nitrogen and oxygen atoms in total. The summed E-state index contributed by atoms with van der Waals surface area (Å²) in [7, 11) is 0. The minimum atomic E-state index is 0.743. The van der Waals surface area contributed by atoms with Gasteiger partial charge in [0.2, 0.25) is 0 Å². The van der Waals surface area contributed by atoms with Gasteiger partial charge in [0.05, 0.1) is 10.6 Å². The zero-order valence-electron chi connectivity index (χ0n) is 10.9. The molecule has 3 rings (SSSR count). The third kappa shape index (κ3) is 2.55. The highest BCUT2D eigenvalue weighted by molar-refractivity contribution is 7.18. The van der Waals surface area contributed by atoms with Crippen molar-refractivity contribution in [1.82, 2.24) is 4.98 Å². The molecule has 0 spiro atoms. The van der Waals surface area contributed by atoms with E-state index in [-0.39, 0.29) is 0 Å². The molecule has 0 saturated heterocycles. The SMILES string of the molecule is Cc1nc(-c2cccc(N)c2)sc1-c1ccc(Cl)cc1. The maximum atomic E-state index is 5.93. The van der Waals surface area contributed by atoms with Crippen LogP contribution in [0.15, 0.2) is 48.5 Å². The van der Waals surface area contributed by atoms with Gasteiger partial charge in [-0.15, -0.1) is 11.3 Å². The van der Waals surface area contributed by atoms with Gasteiger partial charge in [-0.05, 0) is 36.8 Å². The summed E-state index contributed by atoms with van der Waals surface area (Å²) in [6.45, 7) is 2.02. The Balaban J connectivity index is 2.05. The molecule has 2 N–H and O–H groups in total. The number of nitrogens with zero attached hydrogens (tertiary/aromatic N) is 1. The summed E-state index contributed by atoms with van der Waals surface area (Å²) in [6.07, 6.45) is 0. The van der Waals surface area contributed by atoms with Crippen molar-refractivity contribution < 1.29 is 0 Å². The topological polar surface area (TPSA) is 38.9 Å². The Kier molecular flexibility index (Phi) is 3.47. The number of hydrogen-bond donors (Lipinski definition) is 1. The molecule has 100 valence electrons. The predicted molar refractivity (Wildman–Crippen MR) is 87.1 cm³/mol. The molecule has 0 saturated carbocycles. The second-order valence-corrected chi connectivity index (χ2v) is 6.00. The third-order valence-corrected chi connectivity index (χ3v) is 4.54. The first-order valence-electron chi connectivity index (χ1n) is 6.23. The van der Waals surface area contributed by atoms with Crippen molar-refractivity contribution in [3.8, 4) is 21.0 Å². The molecule has 0 unspecified atom stereocenters. The van der Waals surface area contributed by atoms with Crippen LogP contribution in [0.1, 0.15) is 5.69 Å². The van der Waals surface area contributed by atoms with Crippen LogP contribution in [0, 0.1) is 6.92 Å². The normalized spacial score (nSPS) is 10.7. The van der Waals surface area contributed by atoms with Crippen molar-refractivity contribution in [1.29, 1.82) is 0 Å². The fourth-order valence-corrected chi connectivity index (χ4v) is 3.25. The van der Waals surface area contributed by atoms with Crippen molar-refractivity contribution in [2.24, 2.45) is 0 Å². The molecule has 1 heterocycles. The fraction of sp³-hybridized carbons (Fsp3) is 0.0625. The molecular formula is C16H13ClN2S. The molecule has 20 heavy (non-hydrogen) atoms. The van der Waals surface area contributed by atoms with Crippen LogP contribution in [-0.4, -0.2) is 4.98 Å². The van der Waals surface area contributed by atoms with Gasteiger partial charge in [0.25, 0.3) is 0 Å². The summed E-state index contributed by atoms with van der Waals surface area (Å²) in [4.78, 5) is 5.82. The molecule has 0 bridgehead atoms. The van der Waals surface area contributed by atoms with E-state index in [4.69, 9.17) is 17.3 Å². The quantitative estimate of drug-likeness (QED) is 0.675. The number of halogens is 1. The van der Waals surface area contributed by atoms with Gasteiger partial charge < -0.3 is 5.73 Å². The smallest absolute Gasteiger partial charge is 0.124 e. The molecule has 4 heteroatoms. The molecule has 0 fully saturated rings. The first-order chi connectivity index (χ1) is 9.63. The lowest BCUT2D eigenvalue weighted by molar-refractivity contribution is 1.27. The highest BCUT2D eigenvalue weighted by Gasteiger charge is 2.11. The molecule has 0 aliphatic rings. The molecule has 0 amide bonds. The average Bonchev–Trinajstić information content (AvgIpc) is 2.82. The summed E-state index contributed by atoms with van der Waals surface area (Å²) < 4.78 is 0. The summed E-state index contributed by atoms with van der Waals surface area (Å²) in [5.41, 5.74) is 9.80. The monoisotopic (exact) mass is 300 g/mol. The summed E-state index contributed by atoms with van der Waals surface area (Å²) >= 11 is 7.60. The number of benzene rings is 2. The van der Waals surface area contributed by atoms with Crippen LogP contribution in [0.2, 0.25) is 5.02 Å². The number of rotatable bonds is 2.